The Balaban J connectivity index is 1.07. The molecule has 2 fully saturated rings. The van der Waals surface area contributed by atoms with Crippen LogP contribution in [0.1, 0.15) is 25.7 Å². The molecule has 178 valence electrons. The number of imidazole rings is 1. The van der Waals surface area contributed by atoms with E-state index in [0.29, 0.717) is 35.2 Å². The van der Waals surface area contributed by atoms with Crippen molar-refractivity contribution in [2.24, 2.45) is 5.92 Å². The Morgan fingerprint density at radius 1 is 1.11 bits per heavy atom. The topological polar surface area (TPSA) is 97.5 Å². The summed E-state index contributed by atoms with van der Waals surface area (Å²) >= 11 is 0. The summed E-state index contributed by atoms with van der Waals surface area (Å²) < 4.78 is 21.6. The first-order valence-corrected chi connectivity index (χ1v) is 11.7. The average Bonchev–Trinajstić information content (AvgIpc) is 3.45. The predicted molar refractivity (Wildman–Crippen MR) is 127 cm³/mol. The van der Waals surface area contributed by atoms with Crippen LogP contribution in [0.4, 0.5) is 20.8 Å². The van der Waals surface area contributed by atoms with Gasteiger partial charge in [0.05, 0.1) is 18.4 Å². The number of fused-ring (bicyclic) bond motifs is 1. The smallest absolute Gasteiger partial charge is 0.416 e. The number of rotatable bonds is 5. The third-order valence-corrected chi connectivity index (χ3v) is 6.86. The van der Waals surface area contributed by atoms with Gasteiger partial charge in [-0.05, 0) is 68.0 Å². The number of hydrogen-bond acceptors (Lipinski definition) is 7. The number of carbonyl (C=O) groups excluding carboxylic acids is 1. The van der Waals surface area contributed by atoms with Crippen molar-refractivity contribution >= 4 is 23.4 Å². The first-order chi connectivity index (χ1) is 17.1. The van der Waals surface area contributed by atoms with Gasteiger partial charge in [0.25, 0.3) is 0 Å². The Labute approximate surface area is 201 Å². The van der Waals surface area contributed by atoms with Crippen molar-refractivity contribution in [3.8, 4) is 11.3 Å². The van der Waals surface area contributed by atoms with Crippen LogP contribution in [0.3, 0.4) is 0 Å². The average molecular weight is 474 g/mol. The number of benzene rings is 1. The van der Waals surface area contributed by atoms with E-state index in [1.165, 1.54) is 6.07 Å². The van der Waals surface area contributed by atoms with Crippen LogP contribution in [0.5, 0.6) is 0 Å². The summed E-state index contributed by atoms with van der Waals surface area (Å²) in [6.07, 6.45) is 6.47. The van der Waals surface area contributed by atoms with E-state index >= 15 is 0 Å². The van der Waals surface area contributed by atoms with Gasteiger partial charge in [0, 0.05) is 18.3 Å². The summed E-state index contributed by atoms with van der Waals surface area (Å²) in [6.45, 7) is 1.28. The molecule has 1 N–H and O–H groups in total. The molecular weight excluding hydrogens is 449 g/mol. The van der Waals surface area contributed by atoms with Crippen molar-refractivity contribution < 1.29 is 13.9 Å². The molecule has 2 aliphatic rings. The molecule has 9 nitrogen and oxygen atoms in total. The van der Waals surface area contributed by atoms with E-state index in [4.69, 9.17) is 4.74 Å². The number of anilines is 2. The number of amides is 1. The van der Waals surface area contributed by atoms with Crippen LogP contribution < -0.4 is 10.2 Å². The Hall–Kier alpha value is -4.08. The van der Waals surface area contributed by atoms with Crippen molar-refractivity contribution in [3.63, 3.8) is 0 Å². The minimum atomic E-state index is -0.456. The number of ether oxygens (including phenoxy) is 1. The highest BCUT2D eigenvalue weighted by molar-refractivity contribution is 5.89. The van der Waals surface area contributed by atoms with Crippen LogP contribution >= 0.6 is 0 Å². The highest BCUT2D eigenvalue weighted by Gasteiger charge is 2.48. The van der Waals surface area contributed by atoms with Gasteiger partial charge < -0.3 is 10.1 Å². The van der Waals surface area contributed by atoms with Gasteiger partial charge in [0.2, 0.25) is 0 Å². The molecule has 1 aromatic carbocycles. The zero-order valence-corrected chi connectivity index (χ0v) is 19.0. The Morgan fingerprint density at radius 3 is 2.77 bits per heavy atom. The van der Waals surface area contributed by atoms with Crippen molar-refractivity contribution in [1.82, 2.24) is 24.8 Å². The summed E-state index contributed by atoms with van der Waals surface area (Å²) in [4.78, 5) is 18.5. The summed E-state index contributed by atoms with van der Waals surface area (Å²) in [5.74, 6) is 1.39. The maximum atomic E-state index is 14.1. The molecule has 10 heteroatoms. The van der Waals surface area contributed by atoms with Crippen molar-refractivity contribution in [2.75, 3.05) is 23.3 Å². The minimum absolute atomic E-state index is 0.308. The number of nitrogens with zero attached hydrogens (tertiary/aromatic N) is 6. The summed E-state index contributed by atoms with van der Waals surface area (Å²) in [7, 11) is 0. The lowest BCUT2D eigenvalue weighted by Crippen LogP contribution is -2.39. The standard InChI is InChI=1S/C25H24FN7O2/c26-19-5-2-1-4-18(19)20-15-33-22(29-20)8-7-21(31-33)27-14-17-9-11-25(12-10-17)16-32(24(34)35-25)23-6-3-13-28-30-23/h1-8,13,15,17H,9-12,14,16H2,(H,27,31). The molecule has 0 bridgehead atoms. The SMILES string of the molecule is O=C1OC2(CCC(CNc3ccc4nc(-c5ccccc5F)cn4n3)CC2)CN1c1cccnn1. The Bertz CT molecular complexity index is 1370. The van der Waals surface area contributed by atoms with Crippen LogP contribution in [0.25, 0.3) is 16.9 Å². The normalized spacial score (nSPS) is 22.0. The van der Waals surface area contributed by atoms with E-state index in [2.05, 4.69) is 25.6 Å². The molecular formula is C25H24FN7O2. The Morgan fingerprint density at radius 2 is 1.97 bits per heavy atom. The second-order valence-corrected chi connectivity index (χ2v) is 9.17. The molecule has 1 saturated carbocycles. The molecule has 0 unspecified atom stereocenters. The van der Waals surface area contributed by atoms with Crippen molar-refractivity contribution in [3.05, 3.63) is 66.7 Å². The fourth-order valence-electron chi connectivity index (χ4n) is 4.93. The van der Waals surface area contributed by atoms with Gasteiger partial charge in [-0.1, -0.05) is 12.1 Å². The third-order valence-electron chi connectivity index (χ3n) is 6.86. The van der Waals surface area contributed by atoms with Gasteiger partial charge in [0.15, 0.2) is 11.5 Å². The second kappa shape index (κ2) is 8.61. The molecule has 1 saturated heterocycles. The fraction of sp³-hybridized carbons (Fsp3) is 0.320. The van der Waals surface area contributed by atoms with Crippen LogP contribution in [0, 0.1) is 11.7 Å². The molecule has 4 aromatic rings. The van der Waals surface area contributed by atoms with Gasteiger partial charge in [0.1, 0.15) is 17.2 Å². The van der Waals surface area contributed by atoms with Crippen LogP contribution in [0.2, 0.25) is 0 Å². The Kier molecular flexibility index (Phi) is 5.28. The van der Waals surface area contributed by atoms with Crippen molar-refractivity contribution in [2.45, 2.75) is 31.3 Å². The van der Waals surface area contributed by atoms with E-state index < -0.39 is 5.60 Å². The third kappa shape index (κ3) is 4.16. The van der Waals surface area contributed by atoms with Crippen molar-refractivity contribution in [1.29, 1.82) is 0 Å². The molecule has 0 radical (unpaired) electrons. The molecule has 1 aliphatic heterocycles. The molecule has 1 amide bonds. The molecule has 0 atom stereocenters. The zero-order chi connectivity index (χ0) is 23.8. The lowest BCUT2D eigenvalue weighted by atomic mass is 9.78. The maximum absolute atomic E-state index is 14.1. The van der Waals surface area contributed by atoms with Gasteiger partial charge in [-0.15, -0.1) is 10.2 Å². The van der Waals surface area contributed by atoms with Crippen LogP contribution in [0.15, 0.2) is 60.9 Å². The first-order valence-electron chi connectivity index (χ1n) is 11.7. The van der Waals surface area contributed by atoms with Crippen LogP contribution in [-0.4, -0.2) is 49.6 Å². The lowest BCUT2D eigenvalue weighted by Gasteiger charge is -2.35. The van der Waals surface area contributed by atoms with E-state index in [9.17, 15) is 9.18 Å². The van der Waals surface area contributed by atoms with E-state index in [1.54, 1.807) is 52.1 Å². The summed E-state index contributed by atoms with van der Waals surface area (Å²) in [5, 5.41) is 15.9. The van der Waals surface area contributed by atoms with E-state index in [0.717, 1.165) is 38.0 Å². The number of halogens is 1. The van der Waals surface area contributed by atoms with E-state index in [1.807, 2.05) is 12.1 Å². The molecule has 1 aliphatic carbocycles. The van der Waals surface area contributed by atoms with Gasteiger partial charge in [-0.3, -0.25) is 4.90 Å². The second-order valence-electron chi connectivity index (χ2n) is 9.17. The summed E-state index contributed by atoms with van der Waals surface area (Å²) in [5.41, 5.74) is 1.20. The maximum Gasteiger partial charge on any atom is 0.416 e. The number of aromatic nitrogens is 5. The van der Waals surface area contributed by atoms with Crippen LogP contribution in [-0.2, 0) is 4.74 Å². The summed E-state index contributed by atoms with van der Waals surface area (Å²) in [6, 6.07) is 13.9. The highest BCUT2D eigenvalue weighted by atomic mass is 19.1. The molecule has 1 spiro atoms. The monoisotopic (exact) mass is 473 g/mol. The highest BCUT2D eigenvalue weighted by Crippen LogP contribution is 2.40. The fourth-order valence-corrected chi connectivity index (χ4v) is 4.93. The largest absolute Gasteiger partial charge is 0.441 e. The first kappa shape index (κ1) is 21.5. The van der Waals surface area contributed by atoms with E-state index in [-0.39, 0.29) is 11.9 Å². The minimum Gasteiger partial charge on any atom is -0.441 e. The zero-order valence-electron chi connectivity index (χ0n) is 19.0. The van der Waals surface area contributed by atoms with Gasteiger partial charge in [-0.25, -0.2) is 18.7 Å². The molecule has 6 rings (SSSR count). The molecule has 3 aromatic heterocycles. The van der Waals surface area contributed by atoms with Gasteiger partial charge >= 0.3 is 6.09 Å². The van der Waals surface area contributed by atoms with Gasteiger partial charge in [-0.2, -0.15) is 5.10 Å². The molecule has 35 heavy (non-hydrogen) atoms. The quantitative estimate of drug-likeness (QED) is 0.461. The number of nitrogens with one attached hydrogen (secondary N) is 1. The molecule has 4 heterocycles. The number of carbonyl (C=O) groups is 1. The predicted octanol–water partition coefficient (Wildman–Crippen LogP) is 4.32. The number of hydrogen-bond donors (Lipinski definition) is 1. The lowest BCUT2D eigenvalue weighted by molar-refractivity contribution is 0.0148.